The number of rotatable bonds is 3. The largest absolute Gasteiger partial charge is 0.324 e. The SMILES string of the molecule is NS(=O)(=O)c1ccc(F)cc1NC(=O)C1CCCS1. The molecule has 1 heterocycles. The van der Waals surface area contributed by atoms with Crippen LogP contribution in [0.4, 0.5) is 10.1 Å². The smallest absolute Gasteiger partial charge is 0.240 e. The number of hydrogen-bond donors (Lipinski definition) is 2. The van der Waals surface area contributed by atoms with Crippen molar-refractivity contribution >= 4 is 33.4 Å². The second-order valence-corrected chi connectivity index (χ2v) is 7.02. The summed E-state index contributed by atoms with van der Waals surface area (Å²) in [6.07, 6.45) is 1.67. The van der Waals surface area contributed by atoms with Gasteiger partial charge in [0.2, 0.25) is 15.9 Å². The summed E-state index contributed by atoms with van der Waals surface area (Å²) in [5.41, 5.74) is -0.111. The van der Waals surface area contributed by atoms with Gasteiger partial charge in [0.05, 0.1) is 10.9 Å². The molecule has 104 valence electrons. The fourth-order valence-electron chi connectivity index (χ4n) is 1.85. The fourth-order valence-corrected chi connectivity index (χ4v) is 3.68. The molecule has 1 aliphatic rings. The van der Waals surface area contributed by atoms with Crippen LogP contribution >= 0.6 is 11.8 Å². The van der Waals surface area contributed by atoms with E-state index in [1.165, 1.54) is 11.8 Å². The Morgan fingerprint density at radius 1 is 1.47 bits per heavy atom. The van der Waals surface area contributed by atoms with Gasteiger partial charge >= 0.3 is 0 Å². The van der Waals surface area contributed by atoms with E-state index in [0.29, 0.717) is 0 Å². The van der Waals surface area contributed by atoms with Crippen molar-refractivity contribution in [3.05, 3.63) is 24.0 Å². The van der Waals surface area contributed by atoms with Gasteiger partial charge in [-0.15, -0.1) is 11.8 Å². The van der Waals surface area contributed by atoms with Crippen LogP contribution in [0.5, 0.6) is 0 Å². The lowest BCUT2D eigenvalue weighted by atomic mass is 10.2. The molecule has 1 fully saturated rings. The molecule has 1 atom stereocenters. The first-order valence-electron chi connectivity index (χ1n) is 5.63. The number of benzene rings is 1. The number of hydrogen-bond acceptors (Lipinski definition) is 4. The van der Waals surface area contributed by atoms with Crippen molar-refractivity contribution in [3.8, 4) is 0 Å². The molecular weight excluding hydrogens is 291 g/mol. The van der Waals surface area contributed by atoms with Gasteiger partial charge in [-0.2, -0.15) is 0 Å². The average molecular weight is 304 g/mol. The standard InChI is InChI=1S/C11H13FN2O3S2/c12-7-3-4-10(19(13,16)17)8(6-7)14-11(15)9-2-1-5-18-9/h3-4,6,9H,1-2,5H2,(H,14,15)(H2,13,16,17). The number of amides is 1. The van der Waals surface area contributed by atoms with Gasteiger partial charge in [-0.1, -0.05) is 0 Å². The Morgan fingerprint density at radius 2 is 2.21 bits per heavy atom. The summed E-state index contributed by atoms with van der Waals surface area (Å²) in [7, 11) is -4.01. The Bertz CT molecular complexity index is 598. The number of nitrogens with two attached hydrogens (primary N) is 1. The Kier molecular flexibility index (Phi) is 4.12. The van der Waals surface area contributed by atoms with Gasteiger partial charge in [-0.3, -0.25) is 4.79 Å². The van der Waals surface area contributed by atoms with Crippen LogP contribution in [-0.4, -0.2) is 25.3 Å². The quantitative estimate of drug-likeness (QED) is 0.881. The second kappa shape index (κ2) is 5.48. The molecule has 0 saturated carbocycles. The van der Waals surface area contributed by atoms with Gasteiger partial charge in [-0.05, 0) is 36.8 Å². The molecule has 2 rings (SSSR count). The van der Waals surface area contributed by atoms with E-state index in [2.05, 4.69) is 5.32 Å². The highest BCUT2D eigenvalue weighted by molar-refractivity contribution is 8.00. The lowest BCUT2D eigenvalue weighted by Gasteiger charge is -2.12. The molecule has 0 aliphatic carbocycles. The lowest BCUT2D eigenvalue weighted by molar-refractivity contribution is -0.115. The summed E-state index contributed by atoms with van der Waals surface area (Å²) in [4.78, 5) is 11.6. The van der Waals surface area contributed by atoms with Crippen LogP contribution in [0.1, 0.15) is 12.8 Å². The van der Waals surface area contributed by atoms with E-state index in [4.69, 9.17) is 5.14 Å². The van der Waals surface area contributed by atoms with E-state index in [0.717, 1.165) is 36.8 Å². The first-order valence-corrected chi connectivity index (χ1v) is 8.22. The van der Waals surface area contributed by atoms with E-state index < -0.39 is 15.8 Å². The molecule has 1 saturated heterocycles. The summed E-state index contributed by atoms with van der Waals surface area (Å²) < 4.78 is 35.9. The highest BCUT2D eigenvalue weighted by atomic mass is 32.2. The summed E-state index contributed by atoms with van der Waals surface area (Å²) in [6, 6.07) is 2.99. The molecule has 5 nitrogen and oxygen atoms in total. The van der Waals surface area contributed by atoms with Crippen LogP contribution < -0.4 is 10.5 Å². The first kappa shape index (κ1) is 14.3. The Labute approximate surface area is 114 Å². The monoisotopic (exact) mass is 304 g/mol. The molecular formula is C11H13FN2O3S2. The van der Waals surface area contributed by atoms with Crippen LogP contribution in [0.3, 0.4) is 0 Å². The number of carbonyl (C=O) groups excluding carboxylic acids is 1. The van der Waals surface area contributed by atoms with E-state index in [1.807, 2.05) is 0 Å². The van der Waals surface area contributed by atoms with Gasteiger partial charge in [0.25, 0.3) is 0 Å². The van der Waals surface area contributed by atoms with Gasteiger partial charge in [0, 0.05) is 0 Å². The minimum Gasteiger partial charge on any atom is -0.324 e. The number of halogens is 1. The number of thioether (sulfide) groups is 1. The highest BCUT2D eigenvalue weighted by Crippen LogP contribution is 2.28. The van der Waals surface area contributed by atoms with E-state index in [-0.39, 0.29) is 21.7 Å². The summed E-state index contributed by atoms with van der Waals surface area (Å²) in [5.74, 6) is -0.0664. The normalized spacial score (nSPS) is 19.4. The van der Waals surface area contributed by atoms with Gasteiger partial charge in [0.15, 0.2) is 0 Å². The third-order valence-corrected chi connectivity index (χ3v) is 5.07. The van der Waals surface area contributed by atoms with Crippen LogP contribution in [-0.2, 0) is 14.8 Å². The van der Waals surface area contributed by atoms with Gasteiger partial charge in [-0.25, -0.2) is 17.9 Å². The third kappa shape index (κ3) is 3.46. The molecule has 0 aromatic heterocycles. The molecule has 8 heteroatoms. The molecule has 0 spiro atoms. The van der Waals surface area contributed by atoms with Crippen LogP contribution in [0.25, 0.3) is 0 Å². The molecule has 1 aliphatic heterocycles. The maximum atomic E-state index is 13.2. The molecule has 1 amide bonds. The minimum atomic E-state index is -4.01. The van der Waals surface area contributed by atoms with Crippen LogP contribution in [0.2, 0.25) is 0 Å². The molecule has 19 heavy (non-hydrogen) atoms. The van der Waals surface area contributed by atoms with E-state index in [9.17, 15) is 17.6 Å². The second-order valence-electron chi connectivity index (χ2n) is 4.18. The van der Waals surface area contributed by atoms with Gasteiger partial charge in [0.1, 0.15) is 10.7 Å². The van der Waals surface area contributed by atoms with Crippen molar-refractivity contribution in [1.82, 2.24) is 0 Å². The van der Waals surface area contributed by atoms with Crippen molar-refractivity contribution < 1.29 is 17.6 Å². The molecule has 1 unspecified atom stereocenters. The number of primary sulfonamides is 1. The third-order valence-electron chi connectivity index (χ3n) is 2.73. The highest BCUT2D eigenvalue weighted by Gasteiger charge is 2.25. The summed E-state index contributed by atoms with van der Waals surface area (Å²) in [6.45, 7) is 0. The Morgan fingerprint density at radius 3 is 2.79 bits per heavy atom. The van der Waals surface area contributed by atoms with Crippen molar-refractivity contribution in [2.45, 2.75) is 23.0 Å². The fraction of sp³-hybridized carbons (Fsp3) is 0.364. The van der Waals surface area contributed by atoms with Crippen LogP contribution in [0, 0.1) is 5.82 Å². The molecule has 0 radical (unpaired) electrons. The summed E-state index contributed by atoms with van der Waals surface area (Å²) >= 11 is 1.50. The Hall–Kier alpha value is -1.12. The minimum absolute atomic E-state index is 0.111. The molecule has 0 bridgehead atoms. The molecule has 1 aromatic rings. The molecule has 1 aromatic carbocycles. The zero-order valence-corrected chi connectivity index (χ0v) is 11.6. The number of nitrogens with one attached hydrogen (secondary N) is 1. The van der Waals surface area contributed by atoms with Crippen LogP contribution in [0.15, 0.2) is 23.1 Å². The Balaban J connectivity index is 2.28. The number of carbonyl (C=O) groups is 1. The maximum Gasteiger partial charge on any atom is 0.240 e. The van der Waals surface area contributed by atoms with Gasteiger partial charge < -0.3 is 5.32 Å². The lowest BCUT2D eigenvalue weighted by Crippen LogP contribution is -2.25. The van der Waals surface area contributed by atoms with Crippen molar-refractivity contribution in [2.75, 3.05) is 11.1 Å². The maximum absolute atomic E-state index is 13.2. The van der Waals surface area contributed by atoms with Crippen molar-refractivity contribution in [3.63, 3.8) is 0 Å². The molecule has 3 N–H and O–H groups in total. The van der Waals surface area contributed by atoms with E-state index in [1.54, 1.807) is 0 Å². The number of sulfonamides is 1. The topological polar surface area (TPSA) is 89.3 Å². The zero-order valence-electron chi connectivity index (χ0n) is 9.93. The van der Waals surface area contributed by atoms with Crippen molar-refractivity contribution in [2.24, 2.45) is 5.14 Å². The zero-order chi connectivity index (χ0) is 14.0. The first-order chi connectivity index (χ1) is 8.88. The summed E-state index contributed by atoms with van der Waals surface area (Å²) in [5, 5.41) is 7.25. The predicted molar refractivity (Wildman–Crippen MR) is 71.9 cm³/mol. The number of anilines is 1. The van der Waals surface area contributed by atoms with E-state index >= 15 is 0 Å². The average Bonchev–Trinajstić information content (AvgIpc) is 2.80. The predicted octanol–water partition coefficient (Wildman–Crippen LogP) is 1.31. The van der Waals surface area contributed by atoms with Crippen molar-refractivity contribution in [1.29, 1.82) is 0 Å².